The average molecular weight is 447 g/mol. The van der Waals surface area contributed by atoms with Crippen LogP contribution in [0.2, 0.25) is 5.02 Å². The Morgan fingerprint density at radius 1 is 1.15 bits per heavy atom. The van der Waals surface area contributed by atoms with Crippen molar-refractivity contribution < 1.29 is 9.53 Å². The molecule has 1 aliphatic heterocycles. The number of hydrazine groups is 1. The SMILES string of the molecule is O=C(NN1CCOCC1)c1cc(-c2cccc(Br)c2)nc2ccc(Cl)cc12. The van der Waals surface area contributed by atoms with E-state index in [-0.39, 0.29) is 5.91 Å². The summed E-state index contributed by atoms with van der Waals surface area (Å²) in [6, 6.07) is 15.1. The van der Waals surface area contributed by atoms with Gasteiger partial charge in [0.15, 0.2) is 0 Å². The monoisotopic (exact) mass is 445 g/mol. The third-order valence-corrected chi connectivity index (χ3v) is 5.13. The summed E-state index contributed by atoms with van der Waals surface area (Å²) < 4.78 is 6.29. The summed E-state index contributed by atoms with van der Waals surface area (Å²) in [6.07, 6.45) is 0. The van der Waals surface area contributed by atoms with Crippen molar-refractivity contribution in [3.8, 4) is 11.3 Å². The molecule has 1 aliphatic rings. The van der Waals surface area contributed by atoms with Gasteiger partial charge in [0, 0.05) is 33.5 Å². The number of fused-ring (bicyclic) bond motifs is 1. The van der Waals surface area contributed by atoms with E-state index in [1.807, 2.05) is 41.4 Å². The zero-order chi connectivity index (χ0) is 18.8. The van der Waals surface area contributed by atoms with E-state index in [1.54, 1.807) is 12.1 Å². The first-order chi connectivity index (χ1) is 13.1. The minimum Gasteiger partial charge on any atom is -0.379 e. The Morgan fingerprint density at radius 2 is 1.96 bits per heavy atom. The minimum absolute atomic E-state index is 0.178. The molecule has 0 aliphatic carbocycles. The molecule has 1 amide bonds. The van der Waals surface area contributed by atoms with Crippen molar-refractivity contribution in [2.45, 2.75) is 0 Å². The average Bonchev–Trinajstić information content (AvgIpc) is 2.68. The smallest absolute Gasteiger partial charge is 0.266 e. The molecule has 1 aromatic heterocycles. The summed E-state index contributed by atoms with van der Waals surface area (Å²) in [6.45, 7) is 2.53. The third kappa shape index (κ3) is 4.14. The zero-order valence-corrected chi connectivity index (χ0v) is 16.8. The zero-order valence-electron chi connectivity index (χ0n) is 14.4. The van der Waals surface area contributed by atoms with Crippen LogP contribution in [0.25, 0.3) is 22.2 Å². The van der Waals surface area contributed by atoms with Gasteiger partial charge >= 0.3 is 0 Å². The van der Waals surface area contributed by atoms with E-state index in [0.29, 0.717) is 36.9 Å². The molecule has 1 N–H and O–H groups in total. The van der Waals surface area contributed by atoms with Gasteiger partial charge in [-0.3, -0.25) is 10.2 Å². The number of nitrogens with zero attached hydrogens (tertiary/aromatic N) is 2. The Bertz CT molecular complexity index is 1010. The maximum Gasteiger partial charge on any atom is 0.266 e. The van der Waals surface area contributed by atoms with Crippen molar-refractivity contribution in [1.29, 1.82) is 0 Å². The van der Waals surface area contributed by atoms with Gasteiger partial charge in [0.25, 0.3) is 5.91 Å². The standard InChI is InChI=1S/C20H17BrClN3O2/c21-14-3-1-2-13(10-14)19-12-17(16-11-15(22)4-5-18(16)23-19)20(26)24-25-6-8-27-9-7-25/h1-5,10-12H,6-9H2,(H,24,26). The summed E-state index contributed by atoms with van der Waals surface area (Å²) in [5.41, 5.74) is 5.91. The molecular weight excluding hydrogens is 430 g/mol. The largest absolute Gasteiger partial charge is 0.379 e. The number of amides is 1. The summed E-state index contributed by atoms with van der Waals surface area (Å²) in [5.74, 6) is -0.178. The topological polar surface area (TPSA) is 54.5 Å². The van der Waals surface area contributed by atoms with Crippen molar-refractivity contribution in [3.05, 3.63) is 63.6 Å². The predicted molar refractivity (Wildman–Crippen MR) is 110 cm³/mol. The molecule has 138 valence electrons. The fourth-order valence-electron chi connectivity index (χ4n) is 3.06. The van der Waals surface area contributed by atoms with Gasteiger partial charge in [-0.1, -0.05) is 39.7 Å². The highest BCUT2D eigenvalue weighted by molar-refractivity contribution is 9.10. The number of nitrogens with one attached hydrogen (secondary N) is 1. The predicted octanol–water partition coefficient (Wildman–Crippen LogP) is 4.29. The molecule has 0 saturated carbocycles. The quantitative estimate of drug-likeness (QED) is 0.652. The molecule has 0 unspecified atom stereocenters. The molecule has 2 aromatic carbocycles. The Morgan fingerprint density at radius 3 is 2.74 bits per heavy atom. The molecule has 0 atom stereocenters. The van der Waals surface area contributed by atoms with E-state index in [4.69, 9.17) is 21.3 Å². The van der Waals surface area contributed by atoms with Crippen LogP contribution in [0.3, 0.4) is 0 Å². The first-order valence-corrected chi connectivity index (χ1v) is 9.77. The van der Waals surface area contributed by atoms with Gasteiger partial charge in [-0.15, -0.1) is 0 Å². The van der Waals surface area contributed by atoms with Crippen LogP contribution >= 0.6 is 27.5 Å². The number of hydrogen-bond acceptors (Lipinski definition) is 4. The number of carbonyl (C=O) groups is 1. The molecule has 1 saturated heterocycles. The summed E-state index contributed by atoms with van der Waals surface area (Å²) in [5, 5.41) is 3.17. The number of morpholine rings is 1. The van der Waals surface area contributed by atoms with Gasteiger partial charge in [0.2, 0.25) is 0 Å². The van der Waals surface area contributed by atoms with Crippen LogP contribution in [-0.4, -0.2) is 42.2 Å². The first-order valence-electron chi connectivity index (χ1n) is 8.60. The number of rotatable bonds is 3. The van der Waals surface area contributed by atoms with Crippen molar-refractivity contribution in [3.63, 3.8) is 0 Å². The van der Waals surface area contributed by atoms with Crippen molar-refractivity contribution in [2.24, 2.45) is 0 Å². The molecule has 4 rings (SSSR count). The van der Waals surface area contributed by atoms with Crippen LogP contribution in [0.15, 0.2) is 53.0 Å². The lowest BCUT2D eigenvalue weighted by Gasteiger charge is -2.27. The van der Waals surface area contributed by atoms with E-state index >= 15 is 0 Å². The van der Waals surface area contributed by atoms with Gasteiger partial charge < -0.3 is 4.74 Å². The van der Waals surface area contributed by atoms with Gasteiger partial charge in [0.1, 0.15) is 0 Å². The second-order valence-corrected chi connectivity index (χ2v) is 7.62. The van der Waals surface area contributed by atoms with E-state index in [0.717, 1.165) is 26.6 Å². The fraction of sp³-hybridized carbons (Fsp3) is 0.200. The van der Waals surface area contributed by atoms with Crippen LogP contribution in [0.5, 0.6) is 0 Å². The molecule has 0 spiro atoms. The number of pyridine rings is 1. The highest BCUT2D eigenvalue weighted by Gasteiger charge is 2.18. The third-order valence-electron chi connectivity index (χ3n) is 4.41. The summed E-state index contributed by atoms with van der Waals surface area (Å²) in [7, 11) is 0. The lowest BCUT2D eigenvalue weighted by Crippen LogP contribution is -2.48. The number of hydrogen-bond donors (Lipinski definition) is 1. The maximum absolute atomic E-state index is 13.0. The van der Waals surface area contributed by atoms with Crippen molar-refractivity contribution in [2.75, 3.05) is 26.3 Å². The summed E-state index contributed by atoms with van der Waals surface area (Å²) in [4.78, 5) is 17.7. The molecule has 0 radical (unpaired) electrons. The lowest BCUT2D eigenvalue weighted by molar-refractivity contribution is 0.0127. The lowest BCUT2D eigenvalue weighted by atomic mass is 10.0. The van der Waals surface area contributed by atoms with Crippen LogP contribution in [-0.2, 0) is 4.74 Å². The molecule has 1 fully saturated rings. The molecule has 0 bridgehead atoms. The van der Waals surface area contributed by atoms with Gasteiger partial charge in [0.05, 0.1) is 30.0 Å². The molecule has 2 heterocycles. The Hall–Kier alpha value is -1.99. The Kier molecular flexibility index (Phi) is 5.41. The Labute approximate surface area is 170 Å². The number of ether oxygens (including phenoxy) is 1. The fourth-order valence-corrected chi connectivity index (χ4v) is 3.63. The van der Waals surface area contributed by atoms with Crippen LogP contribution in [0.1, 0.15) is 10.4 Å². The highest BCUT2D eigenvalue weighted by atomic mass is 79.9. The second-order valence-electron chi connectivity index (χ2n) is 6.27. The van der Waals surface area contributed by atoms with Crippen LogP contribution in [0.4, 0.5) is 0 Å². The Balaban J connectivity index is 1.78. The summed E-state index contributed by atoms with van der Waals surface area (Å²) >= 11 is 9.66. The minimum atomic E-state index is -0.178. The molecule has 5 nitrogen and oxygen atoms in total. The first kappa shape index (κ1) is 18.4. The highest BCUT2D eigenvalue weighted by Crippen LogP contribution is 2.28. The number of carbonyl (C=O) groups excluding carboxylic acids is 1. The van der Waals surface area contributed by atoms with Crippen LogP contribution in [0, 0.1) is 0 Å². The van der Waals surface area contributed by atoms with Crippen molar-refractivity contribution in [1.82, 2.24) is 15.4 Å². The second kappa shape index (κ2) is 7.94. The molecular formula is C20H17BrClN3O2. The van der Waals surface area contributed by atoms with E-state index in [1.165, 1.54) is 0 Å². The number of benzene rings is 2. The molecule has 27 heavy (non-hydrogen) atoms. The van der Waals surface area contributed by atoms with Gasteiger partial charge in [-0.05, 0) is 36.4 Å². The van der Waals surface area contributed by atoms with Gasteiger partial charge in [-0.25, -0.2) is 9.99 Å². The molecule has 3 aromatic rings. The van der Waals surface area contributed by atoms with Crippen molar-refractivity contribution >= 4 is 44.3 Å². The van der Waals surface area contributed by atoms with E-state index < -0.39 is 0 Å². The normalized spacial score (nSPS) is 15.0. The molecule has 7 heteroatoms. The van der Waals surface area contributed by atoms with Gasteiger partial charge in [-0.2, -0.15) is 0 Å². The van der Waals surface area contributed by atoms with Crippen LogP contribution < -0.4 is 5.43 Å². The number of aromatic nitrogens is 1. The number of halogens is 2. The van der Waals surface area contributed by atoms with E-state index in [9.17, 15) is 4.79 Å². The van der Waals surface area contributed by atoms with E-state index in [2.05, 4.69) is 21.4 Å². The maximum atomic E-state index is 13.0.